The van der Waals surface area contributed by atoms with Crippen LogP contribution in [0.25, 0.3) is 0 Å². The van der Waals surface area contributed by atoms with Crippen molar-refractivity contribution in [3.8, 4) is 5.75 Å². The number of ketones is 1. The van der Waals surface area contributed by atoms with E-state index in [1.54, 1.807) is 0 Å². The zero-order chi connectivity index (χ0) is 17.3. The summed E-state index contributed by atoms with van der Waals surface area (Å²) in [5.74, 6) is 1.33. The van der Waals surface area contributed by atoms with Crippen LogP contribution in [0.5, 0.6) is 5.75 Å². The minimum atomic E-state index is 0.0445. The van der Waals surface area contributed by atoms with Gasteiger partial charge in [-0.05, 0) is 50.2 Å². The number of unbranched alkanes of at least 4 members (excludes halogenated alkanes) is 2. The monoisotopic (exact) mass is 336 g/mol. The molecule has 0 saturated heterocycles. The number of hydrogen-bond donors (Lipinski definition) is 0. The second-order valence-corrected chi connectivity index (χ2v) is 6.95. The van der Waals surface area contributed by atoms with Crippen molar-refractivity contribution in [1.29, 1.82) is 0 Å². The molecule has 132 valence electrons. The molecule has 0 spiro atoms. The highest BCUT2D eigenvalue weighted by Gasteiger charge is 2.26. The molecule has 1 unspecified atom stereocenters. The van der Waals surface area contributed by atoms with E-state index in [9.17, 15) is 4.79 Å². The van der Waals surface area contributed by atoms with E-state index in [1.165, 1.54) is 18.4 Å². The van der Waals surface area contributed by atoms with Gasteiger partial charge in [-0.2, -0.15) is 0 Å². The highest BCUT2D eigenvalue weighted by molar-refractivity contribution is 5.87. The Balaban J connectivity index is 1.44. The summed E-state index contributed by atoms with van der Waals surface area (Å²) < 4.78 is 6.04. The third-order valence-corrected chi connectivity index (χ3v) is 5.06. The molecule has 2 nitrogen and oxygen atoms in total. The van der Waals surface area contributed by atoms with Crippen LogP contribution in [0.15, 0.2) is 54.6 Å². The van der Waals surface area contributed by atoms with Gasteiger partial charge in [-0.15, -0.1) is 0 Å². The molecule has 1 fully saturated rings. The predicted octanol–water partition coefficient (Wildman–Crippen LogP) is 5.71. The van der Waals surface area contributed by atoms with E-state index in [1.807, 2.05) is 18.2 Å². The van der Waals surface area contributed by atoms with Crippen molar-refractivity contribution < 1.29 is 9.53 Å². The van der Waals surface area contributed by atoms with Gasteiger partial charge in [0.2, 0.25) is 0 Å². The number of carbonyl (C=O) groups excluding carboxylic acids is 1. The molecule has 0 heterocycles. The molecule has 2 heteroatoms. The van der Waals surface area contributed by atoms with E-state index in [4.69, 9.17) is 4.74 Å². The molecule has 0 radical (unpaired) electrons. The molecule has 0 N–H and O–H groups in total. The van der Waals surface area contributed by atoms with E-state index < -0.39 is 0 Å². The standard InChI is InChI=1S/C23H28O2/c24-22-16-8-6-14-20(22)21-15-7-9-17-23(21)25-18-10-2-5-13-19-11-3-1-4-12-19/h1,3-4,7,9,11-12,15,17,20H,2,5-6,8,10,13-14,16,18H2. The summed E-state index contributed by atoms with van der Waals surface area (Å²) in [7, 11) is 0. The van der Waals surface area contributed by atoms with Crippen LogP contribution in [0.1, 0.15) is 62.0 Å². The average molecular weight is 336 g/mol. The third-order valence-electron chi connectivity index (χ3n) is 5.06. The molecule has 0 aliphatic heterocycles. The molecule has 2 aromatic rings. The molecule has 0 amide bonds. The zero-order valence-electron chi connectivity index (χ0n) is 15.0. The minimum Gasteiger partial charge on any atom is -0.493 e. The molecular formula is C23H28O2. The minimum absolute atomic E-state index is 0.0445. The Morgan fingerprint density at radius 1 is 0.880 bits per heavy atom. The van der Waals surface area contributed by atoms with Gasteiger partial charge in [0.15, 0.2) is 0 Å². The molecular weight excluding hydrogens is 308 g/mol. The van der Waals surface area contributed by atoms with Gasteiger partial charge in [0, 0.05) is 17.9 Å². The molecule has 0 aromatic heterocycles. The van der Waals surface area contributed by atoms with E-state index >= 15 is 0 Å². The van der Waals surface area contributed by atoms with Gasteiger partial charge in [0.05, 0.1) is 6.61 Å². The lowest BCUT2D eigenvalue weighted by Gasteiger charge is -2.23. The lowest BCUT2D eigenvalue weighted by atomic mass is 9.82. The largest absolute Gasteiger partial charge is 0.493 e. The van der Waals surface area contributed by atoms with Crippen molar-refractivity contribution in [2.24, 2.45) is 0 Å². The first-order valence-corrected chi connectivity index (χ1v) is 9.63. The first-order chi connectivity index (χ1) is 12.3. The number of hydrogen-bond acceptors (Lipinski definition) is 2. The first kappa shape index (κ1) is 17.7. The van der Waals surface area contributed by atoms with Crippen LogP contribution >= 0.6 is 0 Å². The summed E-state index contributed by atoms with van der Waals surface area (Å²) in [5.41, 5.74) is 2.50. The first-order valence-electron chi connectivity index (χ1n) is 9.63. The molecule has 1 atom stereocenters. The maximum absolute atomic E-state index is 12.2. The molecule has 25 heavy (non-hydrogen) atoms. The van der Waals surface area contributed by atoms with Crippen LogP contribution in [0.3, 0.4) is 0 Å². The summed E-state index contributed by atoms with van der Waals surface area (Å²) in [4.78, 5) is 12.2. The van der Waals surface area contributed by atoms with Gasteiger partial charge in [-0.1, -0.05) is 55.0 Å². The lowest BCUT2D eigenvalue weighted by Crippen LogP contribution is -2.18. The van der Waals surface area contributed by atoms with Gasteiger partial charge in [-0.25, -0.2) is 0 Å². The van der Waals surface area contributed by atoms with Crippen LogP contribution in [0.4, 0.5) is 0 Å². The Morgan fingerprint density at radius 3 is 2.52 bits per heavy atom. The van der Waals surface area contributed by atoms with Gasteiger partial charge >= 0.3 is 0 Å². The number of rotatable bonds is 8. The summed E-state index contributed by atoms with van der Waals surface area (Å²) in [6.45, 7) is 0.729. The Morgan fingerprint density at radius 2 is 1.68 bits per heavy atom. The number of benzene rings is 2. The smallest absolute Gasteiger partial charge is 0.140 e. The number of ether oxygens (including phenoxy) is 1. The fourth-order valence-corrected chi connectivity index (χ4v) is 3.65. The van der Waals surface area contributed by atoms with E-state index in [2.05, 4.69) is 36.4 Å². The predicted molar refractivity (Wildman–Crippen MR) is 102 cm³/mol. The molecule has 0 bridgehead atoms. The number of para-hydroxylation sites is 1. The lowest BCUT2D eigenvalue weighted by molar-refractivity contribution is -0.121. The van der Waals surface area contributed by atoms with Crippen LogP contribution in [0, 0.1) is 0 Å². The van der Waals surface area contributed by atoms with Crippen LogP contribution in [-0.2, 0) is 11.2 Å². The zero-order valence-corrected chi connectivity index (χ0v) is 15.0. The normalized spacial score (nSPS) is 17.4. The number of Topliss-reactive ketones (excluding diaryl/α,β-unsaturated/α-hetero) is 1. The van der Waals surface area contributed by atoms with Crippen molar-refractivity contribution in [1.82, 2.24) is 0 Å². The van der Waals surface area contributed by atoms with Gasteiger partial charge in [-0.3, -0.25) is 4.79 Å². The summed E-state index contributed by atoms with van der Waals surface area (Å²) >= 11 is 0. The molecule has 3 rings (SSSR count). The molecule has 1 aliphatic rings. The fraction of sp³-hybridized carbons (Fsp3) is 0.435. The third kappa shape index (κ3) is 5.19. The Labute approximate surface area is 151 Å². The topological polar surface area (TPSA) is 26.3 Å². The summed E-state index contributed by atoms with van der Waals surface area (Å²) in [6, 6.07) is 18.7. The Bertz CT molecular complexity index is 663. The van der Waals surface area contributed by atoms with Crippen molar-refractivity contribution >= 4 is 5.78 Å². The van der Waals surface area contributed by atoms with E-state index in [-0.39, 0.29) is 5.92 Å². The Kier molecular flexibility index (Phi) is 6.67. The maximum Gasteiger partial charge on any atom is 0.140 e. The van der Waals surface area contributed by atoms with Crippen LogP contribution in [-0.4, -0.2) is 12.4 Å². The van der Waals surface area contributed by atoms with Crippen LogP contribution < -0.4 is 4.74 Å². The highest BCUT2D eigenvalue weighted by Crippen LogP contribution is 2.35. The van der Waals surface area contributed by atoms with E-state index in [0.29, 0.717) is 5.78 Å². The number of aryl methyl sites for hydroxylation is 1. The average Bonchev–Trinajstić information content (AvgIpc) is 2.66. The summed E-state index contributed by atoms with van der Waals surface area (Å²) in [5, 5.41) is 0. The van der Waals surface area contributed by atoms with Crippen molar-refractivity contribution in [2.75, 3.05) is 6.61 Å². The van der Waals surface area contributed by atoms with Crippen molar-refractivity contribution in [3.63, 3.8) is 0 Å². The second-order valence-electron chi connectivity index (χ2n) is 6.95. The number of carbonyl (C=O) groups is 1. The second kappa shape index (κ2) is 9.41. The van der Waals surface area contributed by atoms with Crippen LogP contribution in [0.2, 0.25) is 0 Å². The summed E-state index contributed by atoms with van der Waals surface area (Å²) in [6.07, 6.45) is 8.42. The van der Waals surface area contributed by atoms with Crippen molar-refractivity contribution in [3.05, 3.63) is 65.7 Å². The van der Waals surface area contributed by atoms with E-state index in [0.717, 1.165) is 56.4 Å². The molecule has 2 aromatic carbocycles. The van der Waals surface area contributed by atoms with Gasteiger partial charge in [0.1, 0.15) is 11.5 Å². The maximum atomic E-state index is 12.2. The molecule has 1 aliphatic carbocycles. The highest BCUT2D eigenvalue weighted by atomic mass is 16.5. The SMILES string of the molecule is O=C1CCCCC1c1ccccc1OCCCCCc1ccccc1. The molecule has 1 saturated carbocycles. The quantitative estimate of drug-likeness (QED) is 0.578. The van der Waals surface area contributed by atoms with Crippen molar-refractivity contribution in [2.45, 2.75) is 57.3 Å². The fourth-order valence-electron chi connectivity index (χ4n) is 3.65. The van der Waals surface area contributed by atoms with Gasteiger partial charge < -0.3 is 4.74 Å². The Hall–Kier alpha value is -2.09. The van der Waals surface area contributed by atoms with Gasteiger partial charge in [0.25, 0.3) is 0 Å².